The van der Waals surface area contributed by atoms with Crippen LogP contribution in [0.5, 0.6) is 5.75 Å². The third kappa shape index (κ3) is 6.88. The fraction of sp³-hybridized carbons (Fsp3) is 0.300. The molecule has 2 aromatic rings. The summed E-state index contributed by atoms with van der Waals surface area (Å²) in [6.45, 7) is 4.63. The zero-order chi connectivity index (χ0) is 21.7. The largest absolute Gasteiger partial charge is 0.497 e. The smallest absolute Gasteiger partial charge is 0.338 e. The van der Waals surface area contributed by atoms with Gasteiger partial charge in [0.25, 0.3) is 5.91 Å². The first-order valence-corrected chi connectivity index (χ1v) is 10.2. The van der Waals surface area contributed by atoms with E-state index in [0.717, 1.165) is 0 Å². The van der Waals surface area contributed by atoms with Crippen molar-refractivity contribution in [1.29, 1.82) is 0 Å². The topological polar surface area (TPSA) is 111 Å². The summed E-state index contributed by atoms with van der Waals surface area (Å²) in [4.78, 5) is 24.1. The number of hydrogen-bond acceptors (Lipinski definition) is 6. The third-order valence-corrected chi connectivity index (χ3v) is 5.28. The molecule has 2 N–H and O–H groups in total. The minimum absolute atomic E-state index is 0.0269. The van der Waals surface area contributed by atoms with Crippen LogP contribution in [0.1, 0.15) is 31.1 Å². The Labute approximate surface area is 170 Å². The number of amides is 1. The Morgan fingerprint density at radius 3 is 2.28 bits per heavy atom. The van der Waals surface area contributed by atoms with Crippen molar-refractivity contribution in [3.8, 4) is 5.75 Å². The first-order chi connectivity index (χ1) is 13.5. The highest BCUT2D eigenvalue weighted by Gasteiger charge is 2.23. The van der Waals surface area contributed by atoms with Crippen LogP contribution in [-0.2, 0) is 19.6 Å². The minimum Gasteiger partial charge on any atom is -0.497 e. The van der Waals surface area contributed by atoms with E-state index in [9.17, 15) is 18.0 Å². The van der Waals surface area contributed by atoms with Gasteiger partial charge < -0.3 is 14.8 Å². The zero-order valence-electron chi connectivity index (χ0n) is 16.7. The van der Waals surface area contributed by atoms with Crippen molar-refractivity contribution in [2.45, 2.75) is 31.2 Å². The molecule has 0 unspecified atom stereocenters. The zero-order valence-corrected chi connectivity index (χ0v) is 17.5. The van der Waals surface area contributed by atoms with E-state index in [0.29, 0.717) is 11.4 Å². The summed E-state index contributed by atoms with van der Waals surface area (Å²) < 4.78 is 37.3. The summed E-state index contributed by atoms with van der Waals surface area (Å²) in [5.74, 6) is -0.686. The molecule has 29 heavy (non-hydrogen) atoms. The lowest BCUT2D eigenvalue weighted by molar-refractivity contribution is -0.119. The second-order valence-corrected chi connectivity index (χ2v) is 8.92. The average Bonchev–Trinajstić information content (AvgIpc) is 2.65. The van der Waals surface area contributed by atoms with Crippen LogP contribution >= 0.6 is 0 Å². The Morgan fingerprint density at radius 1 is 1.03 bits per heavy atom. The maximum Gasteiger partial charge on any atom is 0.338 e. The van der Waals surface area contributed by atoms with Crippen LogP contribution in [0, 0.1) is 0 Å². The molecule has 2 aromatic carbocycles. The van der Waals surface area contributed by atoms with Crippen LogP contribution in [0.3, 0.4) is 0 Å². The molecule has 0 aliphatic heterocycles. The molecule has 8 nitrogen and oxygen atoms in total. The number of sulfonamides is 1. The van der Waals surface area contributed by atoms with E-state index in [2.05, 4.69) is 10.0 Å². The number of esters is 1. The van der Waals surface area contributed by atoms with Crippen molar-refractivity contribution >= 4 is 27.6 Å². The van der Waals surface area contributed by atoms with Crippen molar-refractivity contribution in [3.05, 3.63) is 54.1 Å². The van der Waals surface area contributed by atoms with Gasteiger partial charge in [-0.15, -0.1) is 0 Å². The highest BCUT2D eigenvalue weighted by Crippen LogP contribution is 2.16. The van der Waals surface area contributed by atoms with Gasteiger partial charge in [-0.1, -0.05) is 6.07 Å². The van der Waals surface area contributed by atoms with E-state index in [1.165, 1.54) is 31.4 Å². The number of anilines is 1. The standard InChI is InChI=1S/C20H24N2O6S/c1-20(2,3)22-29(25,26)17-7-5-6-14(12-17)19(24)28-13-18(23)21-15-8-10-16(27-4)11-9-15/h5-12,22H,13H2,1-4H3,(H,21,23). The number of benzene rings is 2. The molecule has 2 rings (SSSR count). The van der Waals surface area contributed by atoms with Gasteiger partial charge in [-0.25, -0.2) is 17.9 Å². The van der Waals surface area contributed by atoms with Crippen LogP contribution in [0.4, 0.5) is 5.69 Å². The van der Waals surface area contributed by atoms with Gasteiger partial charge in [0.2, 0.25) is 10.0 Å². The molecule has 9 heteroatoms. The summed E-state index contributed by atoms with van der Waals surface area (Å²) in [5, 5.41) is 2.58. The van der Waals surface area contributed by atoms with Gasteiger partial charge in [0.1, 0.15) is 5.75 Å². The van der Waals surface area contributed by atoms with E-state index in [1.807, 2.05) is 0 Å². The van der Waals surface area contributed by atoms with Crippen molar-refractivity contribution in [2.75, 3.05) is 19.0 Å². The van der Waals surface area contributed by atoms with Gasteiger partial charge in [0.15, 0.2) is 6.61 Å². The molecule has 0 aliphatic carbocycles. The molecule has 0 atom stereocenters. The second kappa shape index (κ2) is 9.06. The van der Waals surface area contributed by atoms with E-state index in [4.69, 9.17) is 9.47 Å². The highest BCUT2D eigenvalue weighted by molar-refractivity contribution is 7.89. The highest BCUT2D eigenvalue weighted by atomic mass is 32.2. The molecule has 156 valence electrons. The monoisotopic (exact) mass is 420 g/mol. The van der Waals surface area contributed by atoms with Crippen molar-refractivity contribution in [1.82, 2.24) is 4.72 Å². The maximum absolute atomic E-state index is 12.4. The minimum atomic E-state index is -3.80. The molecule has 0 bridgehead atoms. The summed E-state index contributed by atoms with van der Waals surface area (Å²) >= 11 is 0. The van der Waals surface area contributed by atoms with Gasteiger partial charge in [0, 0.05) is 11.2 Å². The van der Waals surface area contributed by atoms with Gasteiger partial charge in [-0.05, 0) is 63.2 Å². The number of carbonyl (C=O) groups excluding carboxylic acids is 2. The lowest BCUT2D eigenvalue weighted by Crippen LogP contribution is -2.40. The molecule has 0 aliphatic rings. The molecule has 0 radical (unpaired) electrons. The summed E-state index contributed by atoms with van der Waals surface area (Å²) in [6.07, 6.45) is 0. The van der Waals surface area contributed by atoms with Crippen molar-refractivity contribution < 1.29 is 27.5 Å². The first-order valence-electron chi connectivity index (χ1n) is 8.75. The normalized spacial score (nSPS) is 11.6. The molecule has 0 spiro atoms. The third-order valence-electron chi connectivity index (χ3n) is 3.53. The van der Waals surface area contributed by atoms with Crippen molar-refractivity contribution in [3.63, 3.8) is 0 Å². The van der Waals surface area contributed by atoms with Crippen LogP contribution in [-0.4, -0.2) is 39.5 Å². The molecule has 0 heterocycles. The maximum atomic E-state index is 12.4. The molecule has 0 saturated heterocycles. The first kappa shape index (κ1) is 22.4. The lowest BCUT2D eigenvalue weighted by atomic mass is 10.1. The lowest BCUT2D eigenvalue weighted by Gasteiger charge is -2.20. The van der Waals surface area contributed by atoms with E-state index in [-0.39, 0.29) is 10.5 Å². The fourth-order valence-corrected chi connectivity index (χ4v) is 3.80. The molecule has 0 aromatic heterocycles. The van der Waals surface area contributed by atoms with Crippen LogP contribution in [0.2, 0.25) is 0 Å². The van der Waals surface area contributed by atoms with E-state index in [1.54, 1.807) is 45.0 Å². The van der Waals surface area contributed by atoms with Gasteiger partial charge in [-0.3, -0.25) is 4.79 Å². The van der Waals surface area contributed by atoms with Crippen LogP contribution < -0.4 is 14.8 Å². The number of ether oxygens (including phenoxy) is 2. The van der Waals surface area contributed by atoms with Gasteiger partial charge in [0.05, 0.1) is 17.6 Å². The summed E-state index contributed by atoms with van der Waals surface area (Å²) in [7, 11) is -2.26. The van der Waals surface area contributed by atoms with E-state index >= 15 is 0 Å². The Kier molecular flexibility index (Phi) is 6.99. The second-order valence-electron chi connectivity index (χ2n) is 7.24. The number of rotatable bonds is 7. The van der Waals surface area contributed by atoms with Crippen LogP contribution in [0.15, 0.2) is 53.4 Å². The van der Waals surface area contributed by atoms with Gasteiger partial charge >= 0.3 is 5.97 Å². The molecule has 1 amide bonds. The van der Waals surface area contributed by atoms with E-state index < -0.39 is 34.0 Å². The molecular formula is C20H24N2O6S. The Bertz CT molecular complexity index is 979. The predicted molar refractivity (Wildman–Crippen MR) is 108 cm³/mol. The Balaban J connectivity index is 1.99. The molecule has 0 fully saturated rings. The quantitative estimate of drug-likeness (QED) is 0.666. The molecule has 0 saturated carbocycles. The number of carbonyl (C=O) groups is 2. The number of nitrogens with one attached hydrogen (secondary N) is 2. The van der Waals surface area contributed by atoms with Crippen molar-refractivity contribution in [2.24, 2.45) is 0 Å². The average molecular weight is 420 g/mol. The Morgan fingerprint density at radius 2 is 1.69 bits per heavy atom. The SMILES string of the molecule is COc1ccc(NC(=O)COC(=O)c2cccc(S(=O)(=O)NC(C)(C)C)c2)cc1. The number of hydrogen-bond donors (Lipinski definition) is 2. The summed E-state index contributed by atoms with van der Waals surface area (Å²) in [6, 6.07) is 12.1. The number of methoxy groups -OCH3 is 1. The predicted octanol–water partition coefficient (Wildman–Crippen LogP) is 2.57. The molecular weight excluding hydrogens is 396 g/mol. The Hall–Kier alpha value is -2.91. The van der Waals surface area contributed by atoms with Gasteiger partial charge in [-0.2, -0.15) is 0 Å². The van der Waals surface area contributed by atoms with Crippen LogP contribution in [0.25, 0.3) is 0 Å². The fourth-order valence-electron chi connectivity index (χ4n) is 2.34. The summed E-state index contributed by atoms with van der Waals surface area (Å²) in [5.41, 5.74) is -0.123.